The average Bonchev–Trinajstić information content (AvgIpc) is 3.67. The lowest BCUT2D eigenvalue weighted by Crippen LogP contribution is -2.64. The van der Waals surface area contributed by atoms with E-state index in [0.717, 1.165) is 44.4 Å². The van der Waals surface area contributed by atoms with E-state index in [2.05, 4.69) is 20.2 Å². The summed E-state index contributed by atoms with van der Waals surface area (Å²) < 4.78 is 38.6. The number of rotatable bonds is 5. The third-order valence-corrected chi connectivity index (χ3v) is 9.64. The highest BCUT2D eigenvalue weighted by atomic mass is 19.4. The number of alkyl halides is 3. The van der Waals surface area contributed by atoms with Gasteiger partial charge in [-0.3, -0.25) is 9.69 Å². The predicted molar refractivity (Wildman–Crippen MR) is 129 cm³/mol. The molecular formula is C26H31F3N6O2. The van der Waals surface area contributed by atoms with Crippen molar-refractivity contribution in [3.8, 4) is 6.19 Å². The van der Waals surface area contributed by atoms with Gasteiger partial charge in [-0.1, -0.05) is 0 Å². The van der Waals surface area contributed by atoms with E-state index in [1.54, 1.807) is 0 Å². The maximum atomic E-state index is 12.9. The number of aliphatic carboxylic acids is 1. The molecule has 8 nitrogen and oxygen atoms in total. The number of carboxylic acids is 1. The standard InChI is InChI=1S/C26H31F3N6O2/c27-26(28,29)19-1-2-20(31-14-19)34-5-7-35(8-6-34)25(3-4-25)22(32-15-30)33-21-17-9-16-10-18(21)13-24(11-16,12-17)23(36)37/h1-2,14,16-18,21H,3-13H2,(H,32,33)(H,36,37). The summed E-state index contributed by atoms with van der Waals surface area (Å²) in [6.45, 7) is 2.63. The van der Waals surface area contributed by atoms with E-state index in [4.69, 9.17) is 0 Å². The van der Waals surface area contributed by atoms with E-state index >= 15 is 0 Å². The molecule has 5 aliphatic carbocycles. The van der Waals surface area contributed by atoms with Crippen LogP contribution in [0.2, 0.25) is 0 Å². The van der Waals surface area contributed by atoms with Crippen LogP contribution in [0, 0.1) is 34.6 Å². The van der Waals surface area contributed by atoms with Crippen molar-refractivity contribution >= 4 is 17.6 Å². The fraction of sp³-hybridized carbons (Fsp3) is 0.692. The molecule has 6 fully saturated rings. The third-order valence-electron chi connectivity index (χ3n) is 9.64. The molecule has 2 atom stereocenters. The number of hydrogen-bond acceptors (Lipinski definition) is 6. The van der Waals surface area contributed by atoms with Crippen LogP contribution in [0.4, 0.5) is 19.0 Å². The van der Waals surface area contributed by atoms with Gasteiger partial charge in [0.1, 0.15) is 11.7 Å². The Balaban J connectivity index is 1.13. The van der Waals surface area contributed by atoms with Crippen LogP contribution in [0.3, 0.4) is 0 Å². The van der Waals surface area contributed by atoms with E-state index in [0.29, 0.717) is 56.6 Å². The molecule has 1 aliphatic heterocycles. The molecular weight excluding hydrogens is 485 g/mol. The van der Waals surface area contributed by atoms with Gasteiger partial charge < -0.3 is 15.3 Å². The number of pyridine rings is 1. The largest absolute Gasteiger partial charge is 0.481 e. The highest BCUT2D eigenvalue weighted by molar-refractivity contribution is 5.95. The smallest absolute Gasteiger partial charge is 0.417 e. The summed E-state index contributed by atoms with van der Waals surface area (Å²) in [7, 11) is 0. The van der Waals surface area contributed by atoms with Crippen molar-refractivity contribution < 1.29 is 23.1 Å². The van der Waals surface area contributed by atoms with Crippen LogP contribution >= 0.6 is 0 Å². The summed E-state index contributed by atoms with van der Waals surface area (Å²) in [5.41, 5.74) is -1.66. The van der Waals surface area contributed by atoms with Crippen molar-refractivity contribution in [1.29, 1.82) is 5.26 Å². The summed E-state index contributed by atoms with van der Waals surface area (Å²) in [5.74, 6) is 1.62. The SMILES string of the molecule is N#C/N=C(/NC1C2CC3CC1CC(C(=O)O)(C3)C2)C1(N2CCN(c3ccc(C(F)(F)F)cn3)CC2)CC1. The number of nitrogens with one attached hydrogen (secondary N) is 1. The Morgan fingerprint density at radius 3 is 2.32 bits per heavy atom. The molecule has 2 unspecified atom stereocenters. The molecule has 0 spiro atoms. The van der Waals surface area contributed by atoms with Gasteiger partial charge in [0.25, 0.3) is 0 Å². The molecule has 1 aromatic rings. The third kappa shape index (κ3) is 4.13. The minimum atomic E-state index is -4.41. The molecule has 4 bridgehead atoms. The van der Waals surface area contributed by atoms with Crippen molar-refractivity contribution in [1.82, 2.24) is 15.2 Å². The van der Waals surface area contributed by atoms with Crippen molar-refractivity contribution in [2.75, 3.05) is 31.1 Å². The van der Waals surface area contributed by atoms with Crippen molar-refractivity contribution in [2.45, 2.75) is 62.7 Å². The summed E-state index contributed by atoms with van der Waals surface area (Å²) in [5, 5.41) is 23.1. The summed E-state index contributed by atoms with van der Waals surface area (Å²) in [4.78, 5) is 24.7. The van der Waals surface area contributed by atoms with Gasteiger partial charge in [0.2, 0.25) is 6.19 Å². The monoisotopic (exact) mass is 516 g/mol. The molecule has 37 heavy (non-hydrogen) atoms. The molecule has 11 heteroatoms. The number of amidine groups is 1. The summed E-state index contributed by atoms with van der Waals surface area (Å²) in [6, 6.07) is 2.63. The first-order valence-electron chi connectivity index (χ1n) is 13.1. The van der Waals surface area contributed by atoms with Crippen LogP contribution in [0.25, 0.3) is 0 Å². The molecule has 5 saturated carbocycles. The van der Waals surface area contributed by atoms with Crippen LogP contribution in [-0.2, 0) is 11.0 Å². The zero-order chi connectivity index (χ0) is 26.0. The van der Waals surface area contributed by atoms with Crippen LogP contribution in [0.1, 0.15) is 50.5 Å². The first-order chi connectivity index (χ1) is 17.6. The maximum Gasteiger partial charge on any atom is 0.417 e. The topological polar surface area (TPSA) is 105 Å². The van der Waals surface area contributed by atoms with Crippen molar-refractivity contribution in [3.05, 3.63) is 23.9 Å². The quantitative estimate of drug-likeness (QED) is 0.351. The fourth-order valence-electron chi connectivity index (χ4n) is 7.93. The maximum absolute atomic E-state index is 12.9. The molecule has 1 saturated heterocycles. The number of carbonyl (C=O) groups is 1. The number of carboxylic acid groups (broad SMARTS) is 1. The number of nitrogens with zero attached hydrogens (tertiary/aromatic N) is 5. The Hall–Kier alpha value is -2.87. The predicted octanol–water partition coefficient (Wildman–Crippen LogP) is 3.50. The van der Waals surface area contributed by atoms with E-state index in [1.165, 1.54) is 6.07 Å². The van der Waals surface area contributed by atoms with Crippen molar-refractivity contribution in [2.24, 2.45) is 28.2 Å². The molecule has 0 radical (unpaired) electrons. The minimum absolute atomic E-state index is 0.145. The van der Waals surface area contributed by atoms with Gasteiger partial charge in [-0.15, -0.1) is 0 Å². The summed E-state index contributed by atoms with van der Waals surface area (Å²) in [6.07, 6.45) is 4.51. The van der Waals surface area contributed by atoms with E-state index in [1.807, 2.05) is 11.1 Å². The van der Waals surface area contributed by atoms with Gasteiger partial charge >= 0.3 is 12.1 Å². The lowest BCUT2D eigenvalue weighted by molar-refractivity contribution is -0.166. The van der Waals surface area contributed by atoms with Gasteiger partial charge in [0.05, 0.1) is 16.5 Å². The molecule has 198 valence electrons. The lowest BCUT2D eigenvalue weighted by Gasteiger charge is -2.58. The van der Waals surface area contributed by atoms with Gasteiger partial charge in [-0.2, -0.15) is 23.4 Å². The van der Waals surface area contributed by atoms with E-state index < -0.39 is 23.1 Å². The number of anilines is 1. The van der Waals surface area contributed by atoms with Gasteiger partial charge in [0.15, 0.2) is 0 Å². The Kier molecular flexibility index (Phi) is 5.67. The molecule has 1 aromatic heterocycles. The second-order valence-corrected chi connectivity index (χ2v) is 11.7. The first-order valence-corrected chi connectivity index (χ1v) is 13.1. The molecule has 0 amide bonds. The van der Waals surface area contributed by atoms with Crippen LogP contribution in [0.5, 0.6) is 0 Å². The molecule has 2 N–H and O–H groups in total. The molecule has 7 rings (SSSR count). The Morgan fingerprint density at radius 2 is 1.81 bits per heavy atom. The summed E-state index contributed by atoms with van der Waals surface area (Å²) >= 11 is 0. The fourth-order valence-corrected chi connectivity index (χ4v) is 7.93. The average molecular weight is 517 g/mol. The van der Waals surface area contributed by atoms with Gasteiger partial charge in [-0.05, 0) is 74.8 Å². The highest BCUT2D eigenvalue weighted by Gasteiger charge is 2.60. The zero-order valence-corrected chi connectivity index (χ0v) is 20.5. The molecule has 6 aliphatic rings. The number of nitriles is 1. The van der Waals surface area contributed by atoms with Gasteiger partial charge in [-0.25, -0.2) is 4.98 Å². The Bertz CT molecular complexity index is 1120. The first kappa shape index (κ1) is 24.5. The number of piperazine rings is 1. The number of aromatic nitrogens is 1. The minimum Gasteiger partial charge on any atom is -0.481 e. The highest BCUT2D eigenvalue weighted by Crippen LogP contribution is 2.60. The van der Waals surface area contributed by atoms with Crippen LogP contribution < -0.4 is 10.2 Å². The zero-order valence-electron chi connectivity index (χ0n) is 20.5. The Morgan fingerprint density at radius 1 is 1.14 bits per heavy atom. The lowest BCUT2D eigenvalue weighted by atomic mass is 9.48. The van der Waals surface area contributed by atoms with Crippen molar-refractivity contribution in [3.63, 3.8) is 0 Å². The van der Waals surface area contributed by atoms with E-state index in [-0.39, 0.29) is 23.4 Å². The second-order valence-electron chi connectivity index (χ2n) is 11.7. The normalized spacial score (nSPS) is 34.8. The van der Waals surface area contributed by atoms with Crippen LogP contribution in [-0.4, -0.2) is 64.6 Å². The second kappa shape index (κ2) is 8.58. The number of halogens is 3. The molecule has 2 heterocycles. The van der Waals surface area contributed by atoms with Gasteiger partial charge in [0, 0.05) is 38.4 Å². The number of aliphatic imine (C=N–C) groups is 1. The van der Waals surface area contributed by atoms with E-state index in [9.17, 15) is 28.3 Å². The number of hydrogen-bond donors (Lipinski definition) is 2. The molecule has 0 aromatic carbocycles. The Labute approximate surface area is 213 Å². The van der Waals surface area contributed by atoms with Crippen LogP contribution in [0.15, 0.2) is 23.3 Å².